The zero-order chi connectivity index (χ0) is 20.3. The van der Waals surface area contributed by atoms with Crippen molar-refractivity contribution in [3.05, 3.63) is 126 Å². The van der Waals surface area contributed by atoms with Crippen LogP contribution in [0.5, 0.6) is 0 Å². The molecule has 4 aromatic rings. The van der Waals surface area contributed by atoms with E-state index < -0.39 is 5.31 Å². The van der Waals surface area contributed by atoms with E-state index in [4.69, 9.17) is 11.6 Å². The summed E-state index contributed by atoms with van der Waals surface area (Å²) < 4.78 is 15.0. The van der Waals surface area contributed by atoms with Gasteiger partial charge >= 0.3 is 184 Å². The number of halogens is 3. The van der Waals surface area contributed by atoms with Crippen LogP contribution in [0.3, 0.4) is 0 Å². The zero-order valence-corrected chi connectivity index (χ0v) is 18.9. The maximum atomic E-state index is 15.0. The van der Waals surface area contributed by atoms with Crippen molar-refractivity contribution < 1.29 is 4.39 Å². The van der Waals surface area contributed by atoms with E-state index in [0.717, 1.165) is 15.9 Å². The average Bonchev–Trinajstić information content (AvgIpc) is 2.78. The fourth-order valence-electron chi connectivity index (χ4n) is 3.92. The molecule has 0 saturated carbocycles. The van der Waals surface area contributed by atoms with E-state index in [1.807, 2.05) is 54.6 Å². The van der Waals surface area contributed by atoms with Gasteiger partial charge in [-0.3, -0.25) is 0 Å². The van der Waals surface area contributed by atoms with Gasteiger partial charge in [0.15, 0.2) is 0 Å². The van der Waals surface area contributed by atoms with E-state index in [1.54, 1.807) is 12.1 Å². The molecule has 4 heteroatoms. The maximum absolute atomic E-state index is 15.0. The molecule has 0 nitrogen and oxygen atoms in total. The first kappa shape index (κ1) is 20.3. The summed E-state index contributed by atoms with van der Waals surface area (Å²) in [6.45, 7) is 0. The number of hydrogen-bond acceptors (Lipinski definition) is 0. The Bertz CT molecular complexity index is 998. The molecule has 0 aliphatic rings. The van der Waals surface area contributed by atoms with Gasteiger partial charge in [0.1, 0.15) is 0 Å². The molecule has 0 N–H and O–H groups in total. The summed E-state index contributed by atoms with van der Waals surface area (Å²) in [5, 5.41) is 0.591. The first-order valence-corrected chi connectivity index (χ1v) is 14.2. The van der Waals surface area contributed by atoms with E-state index in [2.05, 4.69) is 51.9 Å². The predicted molar refractivity (Wildman–Crippen MR) is 129 cm³/mol. The second-order valence-electron chi connectivity index (χ2n) is 7.05. The molecular weight excluding hydrogens is 466 g/mol. The van der Waals surface area contributed by atoms with E-state index in [1.165, 1.54) is 6.07 Å². The Labute approximate surface area is 184 Å². The fraction of sp³-hybridized carbons (Fsp3) is 0.0400. The van der Waals surface area contributed by atoms with Crippen molar-refractivity contribution in [3.63, 3.8) is 0 Å². The third kappa shape index (κ3) is 3.44. The Morgan fingerprint density at radius 2 is 1.03 bits per heavy atom. The first-order chi connectivity index (χ1) is 14.0. The molecule has 0 radical (unpaired) electrons. The fourth-order valence-corrected chi connectivity index (χ4v) is 11.9. The van der Waals surface area contributed by atoms with Crippen molar-refractivity contribution in [1.82, 2.24) is 0 Å². The van der Waals surface area contributed by atoms with Crippen LogP contribution in [-0.4, -0.2) is 0 Å². The first-order valence-electron chi connectivity index (χ1n) is 9.36. The predicted octanol–water partition coefficient (Wildman–Crippen LogP) is 6.82. The summed E-state index contributed by atoms with van der Waals surface area (Å²) in [5.74, 6) is -0.284. The van der Waals surface area contributed by atoms with Crippen LogP contribution in [0, 0.1) is 5.82 Å². The van der Waals surface area contributed by atoms with Crippen molar-refractivity contribution in [2.24, 2.45) is 0 Å². The molecule has 0 spiro atoms. The van der Waals surface area contributed by atoms with Crippen LogP contribution in [0.2, 0.25) is 5.02 Å². The zero-order valence-electron chi connectivity index (χ0n) is 15.7. The van der Waals surface area contributed by atoms with Crippen LogP contribution < -0.4 is 15.9 Å². The molecule has 0 amide bonds. The third-order valence-corrected chi connectivity index (χ3v) is 15.2. The summed E-state index contributed by atoms with van der Waals surface area (Å²) in [7, 11) is 0. The minimum atomic E-state index is -3.26. The SMILES string of the molecule is Fc1cccc(Cl)c1CP(Br)(c1ccccc1)(c1ccccc1)c1ccccc1. The number of hydrogen-bond donors (Lipinski definition) is 0. The Hall–Kier alpha value is -1.99. The van der Waals surface area contributed by atoms with E-state index in [9.17, 15) is 0 Å². The molecule has 0 aliphatic carbocycles. The van der Waals surface area contributed by atoms with Gasteiger partial charge in [-0.15, -0.1) is 0 Å². The van der Waals surface area contributed by atoms with Crippen molar-refractivity contribution in [1.29, 1.82) is 0 Å². The number of benzene rings is 4. The summed E-state index contributed by atoms with van der Waals surface area (Å²) in [6, 6.07) is 35.9. The topological polar surface area (TPSA) is 0 Å². The van der Waals surface area contributed by atoms with Crippen LogP contribution in [0.4, 0.5) is 4.39 Å². The third-order valence-electron chi connectivity index (χ3n) is 5.40. The van der Waals surface area contributed by atoms with Crippen molar-refractivity contribution >= 4 is 48.3 Å². The van der Waals surface area contributed by atoms with Gasteiger partial charge in [-0.2, -0.15) is 0 Å². The molecule has 0 aliphatic heterocycles. The van der Waals surface area contributed by atoms with E-state index >= 15 is 4.39 Å². The van der Waals surface area contributed by atoms with E-state index in [0.29, 0.717) is 16.7 Å². The Balaban J connectivity index is 2.13. The van der Waals surface area contributed by atoms with Gasteiger partial charge < -0.3 is 0 Å². The quantitative estimate of drug-likeness (QED) is 0.272. The van der Waals surface area contributed by atoms with E-state index in [-0.39, 0.29) is 5.82 Å². The minimum absolute atomic E-state index is 0.284. The molecule has 0 fully saturated rings. The van der Waals surface area contributed by atoms with Crippen LogP contribution in [-0.2, 0) is 6.16 Å². The van der Waals surface area contributed by atoms with Gasteiger partial charge in [-0.1, -0.05) is 0 Å². The Morgan fingerprint density at radius 1 is 0.621 bits per heavy atom. The molecule has 0 aromatic heterocycles. The average molecular weight is 486 g/mol. The van der Waals surface area contributed by atoms with Crippen LogP contribution >= 0.6 is 32.4 Å². The second-order valence-corrected chi connectivity index (χ2v) is 16.4. The second kappa shape index (κ2) is 8.03. The van der Waals surface area contributed by atoms with Crippen LogP contribution in [0.25, 0.3) is 0 Å². The Morgan fingerprint density at radius 3 is 1.41 bits per heavy atom. The van der Waals surface area contributed by atoms with Gasteiger partial charge in [0, 0.05) is 0 Å². The molecule has 0 heterocycles. The monoisotopic (exact) mass is 484 g/mol. The summed E-state index contributed by atoms with van der Waals surface area (Å²) >= 11 is 10.8. The molecular formula is C25H20BrClFP. The van der Waals surface area contributed by atoms with Gasteiger partial charge in [-0.05, 0) is 0 Å². The molecule has 4 aromatic carbocycles. The number of rotatable bonds is 5. The normalized spacial score (nSPS) is 12.9. The summed E-state index contributed by atoms with van der Waals surface area (Å²) in [4.78, 5) is 0. The molecule has 29 heavy (non-hydrogen) atoms. The van der Waals surface area contributed by atoms with Crippen molar-refractivity contribution in [3.8, 4) is 0 Å². The van der Waals surface area contributed by atoms with Crippen molar-refractivity contribution in [2.75, 3.05) is 0 Å². The van der Waals surface area contributed by atoms with Gasteiger partial charge in [0.05, 0.1) is 0 Å². The van der Waals surface area contributed by atoms with Gasteiger partial charge in [0.2, 0.25) is 0 Å². The summed E-state index contributed by atoms with van der Waals surface area (Å²) in [6.07, 6.45) is 0.440. The van der Waals surface area contributed by atoms with Crippen LogP contribution in [0.1, 0.15) is 5.56 Å². The molecule has 0 unspecified atom stereocenters. The molecule has 0 bridgehead atoms. The molecule has 146 valence electrons. The van der Waals surface area contributed by atoms with Gasteiger partial charge in [0.25, 0.3) is 0 Å². The van der Waals surface area contributed by atoms with Crippen molar-refractivity contribution in [2.45, 2.75) is 6.16 Å². The van der Waals surface area contributed by atoms with Crippen LogP contribution in [0.15, 0.2) is 109 Å². The molecule has 0 saturated heterocycles. The molecule has 0 atom stereocenters. The standard InChI is InChI=1S/C25H20BrClFP/c26-29(20-11-4-1-5-12-20,21-13-6-2-7-14-21,22-15-8-3-9-16-22)19-23-24(27)17-10-18-25(23)28/h1-18H,19H2. The molecule has 4 rings (SSSR count). The van der Waals surface area contributed by atoms with Gasteiger partial charge in [-0.25, -0.2) is 0 Å². The Kier molecular flexibility index (Phi) is 5.62. The summed E-state index contributed by atoms with van der Waals surface area (Å²) in [5.41, 5.74) is 0.528.